The molecule has 32 heavy (non-hydrogen) atoms. The van der Waals surface area contributed by atoms with Crippen molar-refractivity contribution in [1.29, 1.82) is 0 Å². The van der Waals surface area contributed by atoms with Crippen molar-refractivity contribution < 1.29 is 8.76 Å². The fraction of sp³-hybridized carbons (Fsp3) is 0.130. The molecule has 0 aliphatic rings. The van der Waals surface area contributed by atoms with Crippen LogP contribution >= 0.6 is 0 Å². The van der Waals surface area contributed by atoms with Crippen molar-refractivity contribution in [2.45, 2.75) is 30.3 Å². The third kappa shape index (κ3) is 3.41. The number of aryl methyl sites for hydroxylation is 2. The van der Waals surface area contributed by atoms with E-state index >= 15 is 0 Å². The Morgan fingerprint density at radius 3 is 2.59 bits per heavy atom. The molecular formula is C23H20N6O2S. The van der Waals surface area contributed by atoms with Crippen LogP contribution in [0.1, 0.15) is 16.7 Å². The molecule has 5 rings (SSSR count). The molecule has 1 N–H and O–H groups in total. The lowest BCUT2D eigenvalue weighted by molar-refractivity contribution is 0.475. The third-order valence-corrected chi connectivity index (χ3v) is 7.12. The molecule has 0 saturated carbocycles. The molecule has 0 saturated heterocycles. The molecule has 0 bridgehead atoms. The minimum atomic E-state index is -3.91. The fourth-order valence-electron chi connectivity index (χ4n) is 3.53. The van der Waals surface area contributed by atoms with Crippen LogP contribution in [0, 0.1) is 13.8 Å². The number of benzene rings is 2. The molecule has 3 aromatic heterocycles. The van der Waals surface area contributed by atoms with Crippen LogP contribution in [0.5, 0.6) is 0 Å². The summed E-state index contributed by atoms with van der Waals surface area (Å²) in [5, 5.41) is 12.1. The van der Waals surface area contributed by atoms with Crippen molar-refractivity contribution in [3.63, 3.8) is 0 Å². The molecule has 2 aromatic carbocycles. The summed E-state index contributed by atoms with van der Waals surface area (Å²) in [5.41, 5.74) is 3.83. The number of nitrogens with one attached hydrogen (secondary N) is 1. The van der Waals surface area contributed by atoms with Crippen LogP contribution in [-0.2, 0) is 21.0 Å². The van der Waals surface area contributed by atoms with Gasteiger partial charge in [-0.05, 0) is 66.9 Å². The van der Waals surface area contributed by atoms with Crippen molar-refractivity contribution in [1.82, 2.24) is 24.8 Å². The normalized spacial score (nSPS) is 13.3. The number of hydrogen-bond acceptors (Lipinski definition) is 7. The lowest BCUT2D eigenvalue weighted by Crippen LogP contribution is -2.13. The Bertz CT molecular complexity index is 1500. The number of hydrogen-bond donors (Lipinski definition) is 1. The number of fused-ring (bicyclic) bond motifs is 3. The Labute approximate surface area is 185 Å². The largest absolute Gasteiger partial charge is 0.604 e. The number of para-hydroxylation sites is 1. The Kier molecular flexibility index (Phi) is 4.91. The van der Waals surface area contributed by atoms with Gasteiger partial charge in [0, 0.05) is 24.3 Å². The van der Waals surface area contributed by atoms with E-state index in [2.05, 4.69) is 25.6 Å². The molecular weight excluding hydrogens is 424 g/mol. The van der Waals surface area contributed by atoms with Gasteiger partial charge in [-0.2, -0.15) is 4.52 Å². The summed E-state index contributed by atoms with van der Waals surface area (Å²) >= 11 is 0. The zero-order valence-corrected chi connectivity index (χ0v) is 18.3. The first-order valence-corrected chi connectivity index (χ1v) is 11.5. The molecule has 0 amide bonds. The van der Waals surface area contributed by atoms with Crippen LogP contribution in [0.2, 0.25) is 0 Å². The Morgan fingerprint density at radius 2 is 1.81 bits per heavy atom. The Morgan fingerprint density at radius 1 is 1.03 bits per heavy atom. The summed E-state index contributed by atoms with van der Waals surface area (Å²) < 4.78 is 28.3. The summed E-state index contributed by atoms with van der Waals surface area (Å²) in [6.45, 7) is 4.33. The maximum atomic E-state index is 13.4. The van der Waals surface area contributed by atoms with E-state index in [0.29, 0.717) is 17.9 Å². The van der Waals surface area contributed by atoms with Gasteiger partial charge in [0.2, 0.25) is 5.65 Å². The monoisotopic (exact) mass is 444 g/mol. The summed E-state index contributed by atoms with van der Waals surface area (Å²) in [6, 6.07) is 16.4. The minimum Gasteiger partial charge on any atom is -0.604 e. The van der Waals surface area contributed by atoms with Gasteiger partial charge in [0.25, 0.3) is 0 Å². The van der Waals surface area contributed by atoms with E-state index in [9.17, 15) is 8.76 Å². The highest BCUT2D eigenvalue weighted by atomic mass is 32.3. The lowest BCUT2D eigenvalue weighted by atomic mass is 10.1. The van der Waals surface area contributed by atoms with Gasteiger partial charge in [0.1, 0.15) is 16.0 Å². The molecule has 8 nitrogen and oxygen atoms in total. The molecule has 5 aromatic rings. The number of sulfone groups is 1. The average molecular weight is 445 g/mol. The number of nitrogens with zero attached hydrogens (tertiary/aromatic N) is 5. The molecule has 0 fully saturated rings. The van der Waals surface area contributed by atoms with Crippen LogP contribution in [-0.4, -0.2) is 29.3 Å². The molecule has 160 valence electrons. The van der Waals surface area contributed by atoms with Crippen molar-refractivity contribution in [3.05, 3.63) is 83.7 Å². The van der Waals surface area contributed by atoms with E-state index in [4.69, 9.17) is 0 Å². The second-order valence-corrected chi connectivity index (χ2v) is 9.43. The number of anilines is 1. The molecule has 0 aliphatic carbocycles. The number of rotatable bonds is 5. The molecule has 0 spiro atoms. The van der Waals surface area contributed by atoms with Gasteiger partial charge in [-0.15, -0.1) is 0 Å². The Balaban J connectivity index is 1.66. The smallest absolute Gasteiger partial charge is 0.317 e. The quantitative estimate of drug-likeness (QED) is 0.409. The average Bonchev–Trinajstić information content (AvgIpc) is 3.25. The first-order chi connectivity index (χ1) is 15.4. The highest BCUT2D eigenvalue weighted by Crippen LogP contribution is 2.31. The van der Waals surface area contributed by atoms with Gasteiger partial charge in [-0.3, -0.25) is 4.98 Å². The standard InChI is InChI=1S/C23H20N6O2S/c1-15-7-8-18(13-16(15)2)32(30,31)23-22-26-21(25-14-17-9-11-24-12-10-17)19-5-3-4-6-20(19)29(22)28-27-23/h3-13H,14H2,1-2H3,(H-,25,26,30,31). The molecule has 9 heteroatoms. The van der Waals surface area contributed by atoms with Gasteiger partial charge in [-0.1, -0.05) is 32.7 Å². The molecule has 0 aliphatic heterocycles. The molecule has 1 atom stereocenters. The van der Waals surface area contributed by atoms with Crippen molar-refractivity contribution in [2.75, 3.05) is 5.32 Å². The topological polar surface area (TPSA) is 108 Å². The van der Waals surface area contributed by atoms with Gasteiger partial charge in [0.05, 0.1) is 5.52 Å². The minimum absolute atomic E-state index is 0.168. The maximum absolute atomic E-state index is 13.4. The molecule has 0 radical (unpaired) electrons. The van der Waals surface area contributed by atoms with Crippen LogP contribution in [0.15, 0.2) is 76.9 Å². The van der Waals surface area contributed by atoms with E-state index in [0.717, 1.165) is 22.1 Å². The van der Waals surface area contributed by atoms with Gasteiger partial charge in [-0.25, -0.2) is 4.98 Å². The fourth-order valence-corrected chi connectivity index (χ4v) is 4.85. The lowest BCUT2D eigenvalue weighted by Gasteiger charge is -2.14. The van der Waals surface area contributed by atoms with Crippen LogP contribution in [0.3, 0.4) is 0 Å². The first-order valence-electron chi connectivity index (χ1n) is 10.0. The zero-order valence-electron chi connectivity index (χ0n) is 17.5. The van der Waals surface area contributed by atoms with E-state index < -0.39 is 10.2 Å². The summed E-state index contributed by atoms with van der Waals surface area (Å²) in [5.74, 6) is 0.559. The van der Waals surface area contributed by atoms with Crippen LogP contribution in [0.4, 0.5) is 5.82 Å². The highest BCUT2D eigenvalue weighted by molar-refractivity contribution is 7.97. The van der Waals surface area contributed by atoms with Crippen molar-refractivity contribution in [3.8, 4) is 0 Å². The number of aromatic nitrogens is 5. The Hall–Kier alpha value is -3.69. The molecule has 1 unspecified atom stereocenters. The van der Waals surface area contributed by atoms with Gasteiger partial charge < -0.3 is 9.87 Å². The maximum Gasteiger partial charge on any atom is 0.317 e. The SMILES string of the molecule is Cc1ccc([S+](=O)([O-])c2nnn3c2nc(NCc2ccncc2)c2ccccc23)cc1C. The van der Waals surface area contributed by atoms with E-state index in [1.54, 1.807) is 30.6 Å². The van der Waals surface area contributed by atoms with Crippen LogP contribution in [0.25, 0.3) is 16.6 Å². The summed E-state index contributed by atoms with van der Waals surface area (Å²) in [6.07, 6.45) is 3.45. The van der Waals surface area contributed by atoms with Gasteiger partial charge in [0.15, 0.2) is 4.90 Å². The first kappa shape index (κ1) is 20.2. The zero-order chi connectivity index (χ0) is 22.3. The van der Waals surface area contributed by atoms with Crippen LogP contribution < -0.4 is 5.32 Å². The van der Waals surface area contributed by atoms with E-state index in [1.165, 1.54) is 4.52 Å². The van der Waals surface area contributed by atoms with E-state index in [-0.39, 0.29) is 15.6 Å². The summed E-state index contributed by atoms with van der Waals surface area (Å²) in [4.78, 5) is 8.85. The van der Waals surface area contributed by atoms with Crippen molar-refractivity contribution in [2.24, 2.45) is 0 Å². The second kappa shape index (κ2) is 7.77. The summed E-state index contributed by atoms with van der Waals surface area (Å²) in [7, 11) is -3.91. The van der Waals surface area contributed by atoms with E-state index in [1.807, 2.05) is 50.2 Å². The van der Waals surface area contributed by atoms with Crippen molar-refractivity contribution >= 4 is 32.6 Å². The molecule has 3 heterocycles. The second-order valence-electron chi connectivity index (χ2n) is 7.57. The van der Waals surface area contributed by atoms with Gasteiger partial charge >= 0.3 is 5.03 Å². The predicted molar refractivity (Wildman–Crippen MR) is 121 cm³/mol. The highest BCUT2D eigenvalue weighted by Gasteiger charge is 2.32. The third-order valence-electron chi connectivity index (χ3n) is 5.47. The number of pyridine rings is 1. The predicted octanol–water partition coefficient (Wildman–Crippen LogP) is 3.95.